The van der Waals surface area contributed by atoms with E-state index in [1.807, 2.05) is 47.8 Å². The maximum atomic E-state index is 9.37. The van der Waals surface area contributed by atoms with Crippen LogP contribution < -0.4 is 4.74 Å². The summed E-state index contributed by atoms with van der Waals surface area (Å²) >= 11 is 1.52. The lowest BCUT2D eigenvalue weighted by Crippen LogP contribution is -1.92. The van der Waals surface area contributed by atoms with Crippen molar-refractivity contribution in [3.05, 3.63) is 71.1 Å². The Hall–Kier alpha value is -3.08. The van der Waals surface area contributed by atoms with Gasteiger partial charge in [0.15, 0.2) is 0 Å². The minimum atomic E-state index is 0.319. The first kappa shape index (κ1) is 13.9. The van der Waals surface area contributed by atoms with Gasteiger partial charge in [-0.2, -0.15) is 10.5 Å². The fourth-order valence-electron chi connectivity index (χ4n) is 2.13. The molecule has 0 saturated carbocycles. The van der Waals surface area contributed by atoms with Gasteiger partial charge in [-0.25, -0.2) is 0 Å². The standard InChI is InChI=1S/C18H10N2OS/c19-11-13-9-15(21-14-5-2-1-3-6-14)10-16(17(13)12-20)18-7-4-8-22-18/h1-10H. The van der Waals surface area contributed by atoms with Crippen molar-refractivity contribution in [2.24, 2.45) is 0 Å². The first-order valence-corrected chi connectivity index (χ1v) is 7.45. The molecule has 0 spiro atoms. The van der Waals surface area contributed by atoms with Gasteiger partial charge in [-0.3, -0.25) is 0 Å². The Kier molecular flexibility index (Phi) is 3.87. The highest BCUT2D eigenvalue weighted by atomic mass is 32.1. The Morgan fingerprint density at radius 1 is 0.864 bits per heavy atom. The molecule has 104 valence electrons. The van der Waals surface area contributed by atoms with Crippen molar-refractivity contribution in [3.8, 4) is 34.1 Å². The first-order chi connectivity index (χ1) is 10.8. The minimum absolute atomic E-state index is 0.319. The molecular formula is C18H10N2OS. The zero-order chi connectivity index (χ0) is 15.4. The summed E-state index contributed by atoms with van der Waals surface area (Å²) in [6, 6.07) is 20.8. The highest BCUT2D eigenvalue weighted by Gasteiger charge is 2.14. The van der Waals surface area contributed by atoms with Gasteiger partial charge in [0.25, 0.3) is 0 Å². The van der Waals surface area contributed by atoms with Gasteiger partial charge in [-0.15, -0.1) is 11.3 Å². The van der Waals surface area contributed by atoms with Gasteiger partial charge >= 0.3 is 0 Å². The van der Waals surface area contributed by atoms with E-state index >= 15 is 0 Å². The van der Waals surface area contributed by atoms with E-state index in [4.69, 9.17) is 4.74 Å². The Bertz CT molecular complexity index is 872. The predicted octanol–water partition coefficient (Wildman–Crippen LogP) is 4.95. The Morgan fingerprint density at radius 2 is 1.68 bits per heavy atom. The van der Waals surface area contributed by atoms with Crippen LogP contribution in [0.25, 0.3) is 10.4 Å². The maximum Gasteiger partial charge on any atom is 0.129 e. The van der Waals surface area contributed by atoms with E-state index in [1.165, 1.54) is 11.3 Å². The number of para-hydroxylation sites is 1. The van der Waals surface area contributed by atoms with E-state index in [-0.39, 0.29) is 0 Å². The third-order valence-corrected chi connectivity index (χ3v) is 4.01. The molecule has 1 aromatic heterocycles. The van der Waals surface area contributed by atoms with Crippen molar-refractivity contribution < 1.29 is 4.74 Å². The molecule has 0 amide bonds. The smallest absolute Gasteiger partial charge is 0.129 e. The lowest BCUT2D eigenvalue weighted by molar-refractivity contribution is 0.482. The van der Waals surface area contributed by atoms with E-state index in [9.17, 15) is 10.5 Å². The maximum absolute atomic E-state index is 9.37. The van der Waals surface area contributed by atoms with Crippen molar-refractivity contribution in [2.45, 2.75) is 0 Å². The minimum Gasteiger partial charge on any atom is -0.457 e. The van der Waals surface area contributed by atoms with Gasteiger partial charge in [-0.1, -0.05) is 24.3 Å². The third kappa shape index (κ3) is 2.69. The molecule has 0 radical (unpaired) electrons. The van der Waals surface area contributed by atoms with E-state index in [0.717, 1.165) is 10.4 Å². The molecule has 0 aliphatic carbocycles. The molecule has 0 aliphatic heterocycles. The van der Waals surface area contributed by atoms with Crippen LogP contribution in [0.15, 0.2) is 60.0 Å². The van der Waals surface area contributed by atoms with Crippen LogP contribution in [0.1, 0.15) is 11.1 Å². The molecule has 3 nitrogen and oxygen atoms in total. The monoisotopic (exact) mass is 302 g/mol. The second-order valence-corrected chi connectivity index (χ2v) is 5.46. The number of benzene rings is 2. The second kappa shape index (κ2) is 6.13. The van der Waals surface area contributed by atoms with Crippen LogP contribution in [0.4, 0.5) is 0 Å². The molecule has 3 aromatic rings. The lowest BCUT2D eigenvalue weighted by atomic mass is 10.0. The Labute approximate surface area is 132 Å². The van der Waals surface area contributed by atoms with Crippen LogP contribution in [-0.4, -0.2) is 0 Å². The molecule has 0 unspecified atom stereocenters. The molecule has 0 N–H and O–H groups in total. The topological polar surface area (TPSA) is 56.8 Å². The number of hydrogen-bond acceptors (Lipinski definition) is 4. The van der Waals surface area contributed by atoms with Crippen LogP contribution in [0.5, 0.6) is 11.5 Å². The van der Waals surface area contributed by atoms with Gasteiger partial charge < -0.3 is 4.74 Å². The normalized spacial score (nSPS) is 9.73. The summed E-state index contributed by atoms with van der Waals surface area (Å²) in [5.41, 5.74) is 1.42. The SMILES string of the molecule is N#Cc1cc(Oc2ccccc2)cc(-c2cccs2)c1C#N. The van der Waals surface area contributed by atoms with Crippen molar-refractivity contribution in [1.82, 2.24) is 0 Å². The fourth-order valence-corrected chi connectivity index (χ4v) is 2.88. The highest BCUT2D eigenvalue weighted by Crippen LogP contribution is 2.34. The molecule has 1 heterocycles. The van der Waals surface area contributed by atoms with Crippen LogP contribution in [0.3, 0.4) is 0 Å². The van der Waals surface area contributed by atoms with E-state index < -0.39 is 0 Å². The molecule has 0 atom stereocenters. The largest absolute Gasteiger partial charge is 0.457 e. The molecule has 0 saturated heterocycles. The van der Waals surface area contributed by atoms with E-state index in [0.29, 0.717) is 22.6 Å². The molecule has 0 bridgehead atoms. The first-order valence-electron chi connectivity index (χ1n) is 6.57. The Balaban J connectivity index is 2.12. The summed E-state index contributed by atoms with van der Waals surface area (Å²) in [4.78, 5) is 0.937. The quantitative estimate of drug-likeness (QED) is 0.687. The zero-order valence-corrected chi connectivity index (χ0v) is 12.3. The second-order valence-electron chi connectivity index (χ2n) is 4.51. The summed E-state index contributed by atoms with van der Waals surface area (Å²) in [7, 11) is 0. The number of thiophene rings is 1. The van der Waals surface area contributed by atoms with Crippen LogP contribution >= 0.6 is 11.3 Å². The summed E-state index contributed by atoms with van der Waals surface area (Å²) in [6.07, 6.45) is 0. The van der Waals surface area contributed by atoms with Gasteiger partial charge in [0.2, 0.25) is 0 Å². The number of ether oxygens (including phenoxy) is 1. The van der Waals surface area contributed by atoms with Gasteiger partial charge in [0.1, 0.15) is 23.6 Å². The average Bonchev–Trinajstić information content (AvgIpc) is 3.09. The number of nitrogens with zero attached hydrogens (tertiary/aromatic N) is 2. The van der Waals surface area contributed by atoms with Crippen LogP contribution in [0, 0.1) is 22.7 Å². The van der Waals surface area contributed by atoms with E-state index in [1.54, 1.807) is 12.1 Å². The lowest BCUT2D eigenvalue weighted by Gasteiger charge is -2.10. The highest BCUT2D eigenvalue weighted by molar-refractivity contribution is 7.13. The van der Waals surface area contributed by atoms with E-state index in [2.05, 4.69) is 12.1 Å². The van der Waals surface area contributed by atoms with Gasteiger partial charge in [0.05, 0.1) is 11.1 Å². The number of nitriles is 2. The molecule has 4 heteroatoms. The molecule has 0 fully saturated rings. The molecule has 3 rings (SSSR count). The number of hydrogen-bond donors (Lipinski definition) is 0. The summed E-state index contributed by atoms with van der Waals surface area (Å²) in [6.45, 7) is 0. The van der Waals surface area contributed by atoms with Crippen LogP contribution in [-0.2, 0) is 0 Å². The van der Waals surface area contributed by atoms with Crippen molar-refractivity contribution in [3.63, 3.8) is 0 Å². The summed E-state index contributed by atoms with van der Waals surface area (Å²) in [5.74, 6) is 1.23. The summed E-state index contributed by atoms with van der Waals surface area (Å²) < 4.78 is 5.80. The fraction of sp³-hybridized carbons (Fsp3) is 0. The molecular weight excluding hydrogens is 292 g/mol. The molecule has 2 aromatic carbocycles. The predicted molar refractivity (Wildman–Crippen MR) is 85.7 cm³/mol. The zero-order valence-electron chi connectivity index (χ0n) is 11.5. The molecule has 0 aliphatic rings. The average molecular weight is 302 g/mol. The Morgan fingerprint density at radius 3 is 2.32 bits per heavy atom. The van der Waals surface area contributed by atoms with Gasteiger partial charge in [0, 0.05) is 10.4 Å². The van der Waals surface area contributed by atoms with Crippen molar-refractivity contribution >= 4 is 11.3 Å². The number of rotatable bonds is 3. The summed E-state index contributed by atoms with van der Waals surface area (Å²) in [5, 5.41) is 20.6. The van der Waals surface area contributed by atoms with Crippen molar-refractivity contribution in [1.29, 1.82) is 10.5 Å². The van der Waals surface area contributed by atoms with Crippen molar-refractivity contribution in [2.75, 3.05) is 0 Å². The third-order valence-electron chi connectivity index (χ3n) is 3.11. The molecule has 22 heavy (non-hydrogen) atoms. The van der Waals surface area contributed by atoms with Crippen LogP contribution in [0.2, 0.25) is 0 Å². The van der Waals surface area contributed by atoms with Gasteiger partial charge in [-0.05, 0) is 35.7 Å².